The van der Waals surface area contributed by atoms with Crippen molar-refractivity contribution in [3.63, 3.8) is 0 Å². The van der Waals surface area contributed by atoms with Crippen LogP contribution in [0.25, 0.3) is 11.3 Å². The summed E-state index contributed by atoms with van der Waals surface area (Å²) in [5.74, 6) is -0.168. The highest BCUT2D eigenvalue weighted by Crippen LogP contribution is 2.32. The average Bonchev–Trinajstić information content (AvgIpc) is 3.12. The van der Waals surface area contributed by atoms with Crippen molar-refractivity contribution in [2.24, 2.45) is 0 Å². The summed E-state index contributed by atoms with van der Waals surface area (Å²) in [5, 5.41) is 2.64. The van der Waals surface area contributed by atoms with E-state index in [1.54, 1.807) is 24.3 Å². The second-order valence-corrected chi connectivity index (χ2v) is 6.51. The summed E-state index contributed by atoms with van der Waals surface area (Å²) >= 11 is 0. The molecule has 1 aliphatic rings. The molecule has 0 radical (unpaired) electrons. The molecule has 30 heavy (non-hydrogen) atoms. The van der Waals surface area contributed by atoms with Crippen molar-refractivity contribution in [3.05, 3.63) is 66.2 Å². The van der Waals surface area contributed by atoms with Crippen LogP contribution in [0.1, 0.15) is 17.0 Å². The maximum Gasteiger partial charge on any atom is 0.374 e. The van der Waals surface area contributed by atoms with Crippen LogP contribution in [0.15, 0.2) is 59.0 Å². The number of esters is 1. The first-order valence-electron chi connectivity index (χ1n) is 9.31. The zero-order valence-electron chi connectivity index (χ0n) is 15.9. The van der Waals surface area contributed by atoms with E-state index >= 15 is 0 Å². The molecule has 0 bridgehead atoms. The first kappa shape index (κ1) is 19.5. The van der Waals surface area contributed by atoms with Crippen LogP contribution in [0.3, 0.4) is 0 Å². The van der Waals surface area contributed by atoms with Gasteiger partial charge in [-0.2, -0.15) is 0 Å². The molecule has 0 aliphatic carbocycles. The second-order valence-electron chi connectivity index (χ2n) is 6.51. The molecule has 154 valence electrons. The number of carbonyl (C=O) groups excluding carboxylic acids is 2. The van der Waals surface area contributed by atoms with Crippen LogP contribution in [0, 0.1) is 5.82 Å². The fraction of sp³-hybridized carbons (Fsp3) is 0.182. The van der Waals surface area contributed by atoms with Crippen LogP contribution >= 0.6 is 0 Å². The Morgan fingerprint density at radius 1 is 0.967 bits per heavy atom. The lowest BCUT2D eigenvalue weighted by Gasteiger charge is -2.10. The number of carbonyl (C=O) groups is 2. The van der Waals surface area contributed by atoms with Gasteiger partial charge in [0.05, 0.1) is 13.2 Å². The molecule has 7 nitrogen and oxygen atoms in total. The van der Waals surface area contributed by atoms with Crippen molar-refractivity contribution >= 4 is 17.6 Å². The van der Waals surface area contributed by atoms with Gasteiger partial charge in [0, 0.05) is 23.7 Å². The van der Waals surface area contributed by atoms with Gasteiger partial charge in [-0.1, -0.05) is 0 Å². The van der Waals surface area contributed by atoms with Crippen LogP contribution in [0.2, 0.25) is 0 Å². The van der Waals surface area contributed by atoms with Gasteiger partial charge in [0.1, 0.15) is 11.6 Å². The minimum absolute atomic E-state index is 0.0577. The Morgan fingerprint density at radius 2 is 1.73 bits per heavy atom. The summed E-state index contributed by atoms with van der Waals surface area (Å²) in [6, 6.07) is 13.7. The van der Waals surface area contributed by atoms with Crippen LogP contribution in [-0.2, 0) is 9.53 Å². The highest BCUT2D eigenvalue weighted by molar-refractivity contribution is 5.95. The van der Waals surface area contributed by atoms with Crippen molar-refractivity contribution < 1.29 is 32.6 Å². The van der Waals surface area contributed by atoms with E-state index in [4.69, 9.17) is 18.6 Å². The summed E-state index contributed by atoms with van der Waals surface area (Å²) in [6.07, 6.45) is 0.780. The van der Waals surface area contributed by atoms with Crippen LogP contribution in [0.4, 0.5) is 10.1 Å². The molecule has 0 unspecified atom stereocenters. The van der Waals surface area contributed by atoms with Gasteiger partial charge >= 0.3 is 5.97 Å². The predicted octanol–water partition coefficient (Wildman–Crippen LogP) is 4.04. The Balaban J connectivity index is 1.32. The Hall–Kier alpha value is -3.81. The number of furan rings is 1. The van der Waals surface area contributed by atoms with Gasteiger partial charge in [0.15, 0.2) is 18.1 Å². The quantitative estimate of drug-likeness (QED) is 0.638. The number of fused-ring (bicyclic) bond motifs is 1. The summed E-state index contributed by atoms with van der Waals surface area (Å²) in [7, 11) is 0. The highest BCUT2D eigenvalue weighted by atomic mass is 19.1. The molecule has 1 N–H and O–H groups in total. The standard InChI is InChI=1S/C22H18FNO6/c23-15-4-2-14(3-5-15)17-8-9-19(30-17)22(26)29-13-21(25)24-16-6-7-18-20(12-16)28-11-1-10-27-18/h2-9,12H,1,10-11,13H2,(H,24,25). The number of anilines is 1. The Labute approximate surface area is 171 Å². The maximum atomic E-state index is 13.0. The summed E-state index contributed by atoms with van der Waals surface area (Å²) in [5.41, 5.74) is 1.11. The van der Waals surface area contributed by atoms with Crippen molar-refractivity contribution in [1.29, 1.82) is 0 Å². The number of nitrogens with one attached hydrogen (secondary N) is 1. The lowest BCUT2D eigenvalue weighted by Crippen LogP contribution is -2.20. The van der Waals surface area contributed by atoms with E-state index in [0.717, 1.165) is 6.42 Å². The number of benzene rings is 2. The molecule has 0 saturated heterocycles. The molecule has 0 saturated carbocycles. The SMILES string of the molecule is O=C(COC(=O)c1ccc(-c2ccc(F)cc2)o1)Nc1ccc2c(c1)OCCCO2. The fourth-order valence-corrected chi connectivity index (χ4v) is 2.86. The predicted molar refractivity (Wildman–Crippen MR) is 105 cm³/mol. The summed E-state index contributed by atoms with van der Waals surface area (Å²) < 4.78 is 34.6. The molecule has 8 heteroatoms. The molecule has 1 aromatic heterocycles. The van der Waals surface area contributed by atoms with E-state index in [0.29, 0.717) is 41.7 Å². The summed E-state index contributed by atoms with van der Waals surface area (Å²) in [6.45, 7) is 0.620. The zero-order valence-corrected chi connectivity index (χ0v) is 15.9. The van der Waals surface area contributed by atoms with Crippen LogP contribution < -0.4 is 14.8 Å². The Morgan fingerprint density at radius 3 is 2.53 bits per heavy atom. The number of halogens is 1. The minimum Gasteiger partial charge on any atom is -0.490 e. The number of ether oxygens (including phenoxy) is 3. The van der Waals surface area contributed by atoms with Gasteiger partial charge in [0.2, 0.25) is 5.76 Å². The number of amides is 1. The first-order valence-corrected chi connectivity index (χ1v) is 9.31. The van der Waals surface area contributed by atoms with Crippen LogP contribution in [-0.4, -0.2) is 31.7 Å². The van der Waals surface area contributed by atoms with E-state index in [1.165, 1.54) is 30.3 Å². The molecular formula is C22H18FNO6. The van der Waals surface area contributed by atoms with Crippen molar-refractivity contribution in [2.75, 3.05) is 25.1 Å². The smallest absolute Gasteiger partial charge is 0.374 e. The molecule has 2 heterocycles. The van der Waals surface area contributed by atoms with Gasteiger partial charge in [-0.3, -0.25) is 4.79 Å². The van der Waals surface area contributed by atoms with Gasteiger partial charge in [-0.05, 0) is 48.5 Å². The highest BCUT2D eigenvalue weighted by Gasteiger charge is 2.16. The Kier molecular flexibility index (Phi) is 5.65. The topological polar surface area (TPSA) is 87.0 Å². The third-order valence-electron chi connectivity index (χ3n) is 4.30. The number of hydrogen-bond acceptors (Lipinski definition) is 6. The van der Waals surface area contributed by atoms with E-state index in [1.807, 2.05) is 0 Å². The molecule has 0 fully saturated rings. The normalized spacial score (nSPS) is 12.7. The van der Waals surface area contributed by atoms with Crippen molar-refractivity contribution in [2.45, 2.75) is 6.42 Å². The van der Waals surface area contributed by atoms with E-state index < -0.39 is 18.5 Å². The lowest BCUT2D eigenvalue weighted by atomic mass is 10.2. The molecule has 1 amide bonds. The minimum atomic E-state index is -0.780. The third kappa shape index (κ3) is 4.60. The molecular weight excluding hydrogens is 393 g/mol. The van der Waals surface area contributed by atoms with Crippen molar-refractivity contribution in [1.82, 2.24) is 0 Å². The average molecular weight is 411 g/mol. The zero-order chi connectivity index (χ0) is 20.9. The van der Waals surface area contributed by atoms with Crippen molar-refractivity contribution in [3.8, 4) is 22.8 Å². The molecule has 0 spiro atoms. The molecule has 3 aromatic rings. The Bertz CT molecular complexity index is 1060. The third-order valence-corrected chi connectivity index (χ3v) is 4.30. The molecule has 2 aromatic carbocycles. The lowest BCUT2D eigenvalue weighted by molar-refractivity contribution is -0.119. The van der Waals surface area contributed by atoms with Crippen LogP contribution in [0.5, 0.6) is 11.5 Å². The molecule has 4 rings (SSSR count). The van der Waals surface area contributed by atoms with Gasteiger partial charge in [-0.15, -0.1) is 0 Å². The maximum absolute atomic E-state index is 13.0. The fourth-order valence-electron chi connectivity index (χ4n) is 2.86. The molecule has 1 aliphatic heterocycles. The number of rotatable bonds is 5. The van der Waals surface area contributed by atoms with Gasteiger partial charge in [-0.25, -0.2) is 9.18 Å². The van der Waals surface area contributed by atoms with Gasteiger partial charge < -0.3 is 23.9 Å². The van der Waals surface area contributed by atoms with Gasteiger partial charge in [0.25, 0.3) is 5.91 Å². The van der Waals surface area contributed by atoms with E-state index in [9.17, 15) is 14.0 Å². The first-order chi connectivity index (χ1) is 14.6. The van der Waals surface area contributed by atoms with E-state index in [-0.39, 0.29) is 11.6 Å². The summed E-state index contributed by atoms with van der Waals surface area (Å²) in [4.78, 5) is 24.3. The largest absolute Gasteiger partial charge is 0.490 e. The van der Waals surface area contributed by atoms with E-state index in [2.05, 4.69) is 5.32 Å². The monoisotopic (exact) mass is 411 g/mol. The molecule has 0 atom stereocenters. The second kappa shape index (κ2) is 8.69. The number of hydrogen-bond donors (Lipinski definition) is 1.